The smallest absolute Gasteiger partial charge is 0.258 e. The molecule has 110 valence electrons. The lowest BCUT2D eigenvalue weighted by molar-refractivity contribution is 0.102. The van der Waals surface area contributed by atoms with Gasteiger partial charge in [-0.3, -0.25) is 15.1 Å². The van der Waals surface area contributed by atoms with Crippen LogP contribution in [0.4, 0.5) is 5.95 Å². The summed E-state index contributed by atoms with van der Waals surface area (Å²) in [5, 5.41) is 6.90. The molecule has 0 radical (unpaired) electrons. The zero-order valence-electron chi connectivity index (χ0n) is 12.1. The molecule has 0 atom stereocenters. The molecule has 0 aliphatic rings. The van der Waals surface area contributed by atoms with Crippen LogP contribution in [-0.2, 0) is 6.54 Å². The van der Waals surface area contributed by atoms with E-state index in [0.717, 1.165) is 11.3 Å². The number of carbonyl (C=O) groups excluding carboxylic acids is 1. The van der Waals surface area contributed by atoms with E-state index in [-0.39, 0.29) is 11.9 Å². The first-order chi connectivity index (χ1) is 10.7. The number of hydrogen-bond donors (Lipinski definition) is 1. The number of anilines is 1. The maximum absolute atomic E-state index is 12.1. The molecule has 1 N–H and O–H groups in total. The van der Waals surface area contributed by atoms with Gasteiger partial charge < -0.3 is 0 Å². The van der Waals surface area contributed by atoms with Gasteiger partial charge in [-0.05, 0) is 31.2 Å². The Labute approximate surface area is 127 Å². The van der Waals surface area contributed by atoms with Crippen LogP contribution in [0.25, 0.3) is 0 Å². The average molecular weight is 293 g/mol. The van der Waals surface area contributed by atoms with Gasteiger partial charge in [0.2, 0.25) is 5.95 Å². The normalized spacial score (nSPS) is 10.4. The molecule has 22 heavy (non-hydrogen) atoms. The zero-order valence-corrected chi connectivity index (χ0v) is 12.1. The van der Waals surface area contributed by atoms with Crippen LogP contribution in [0.15, 0.2) is 55.0 Å². The van der Waals surface area contributed by atoms with E-state index in [9.17, 15) is 4.79 Å². The number of carbonyl (C=O) groups is 1. The molecule has 3 rings (SSSR count). The number of aryl methyl sites for hydroxylation is 1. The van der Waals surface area contributed by atoms with Crippen molar-refractivity contribution in [1.82, 2.24) is 19.7 Å². The van der Waals surface area contributed by atoms with Gasteiger partial charge in [0.1, 0.15) is 6.33 Å². The third kappa shape index (κ3) is 3.35. The van der Waals surface area contributed by atoms with E-state index in [1.165, 1.54) is 0 Å². The van der Waals surface area contributed by atoms with Gasteiger partial charge in [0, 0.05) is 11.8 Å². The van der Waals surface area contributed by atoms with Crippen molar-refractivity contribution < 1.29 is 4.79 Å². The van der Waals surface area contributed by atoms with Gasteiger partial charge in [0.25, 0.3) is 5.91 Å². The molecule has 0 aliphatic carbocycles. The number of pyridine rings is 1. The second-order valence-corrected chi connectivity index (χ2v) is 4.91. The first-order valence-corrected chi connectivity index (χ1v) is 6.88. The van der Waals surface area contributed by atoms with Gasteiger partial charge in [-0.1, -0.05) is 23.8 Å². The highest BCUT2D eigenvalue weighted by Gasteiger charge is 2.09. The highest BCUT2D eigenvalue weighted by atomic mass is 16.1. The molecule has 2 heterocycles. The van der Waals surface area contributed by atoms with Crippen molar-refractivity contribution in [1.29, 1.82) is 0 Å². The lowest BCUT2D eigenvalue weighted by Gasteiger charge is -2.02. The van der Waals surface area contributed by atoms with Gasteiger partial charge in [0.05, 0.1) is 12.2 Å². The van der Waals surface area contributed by atoms with Crippen LogP contribution in [-0.4, -0.2) is 25.7 Å². The van der Waals surface area contributed by atoms with Gasteiger partial charge in [0.15, 0.2) is 0 Å². The Morgan fingerprint density at radius 1 is 1.14 bits per heavy atom. The van der Waals surface area contributed by atoms with Crippen molar-refractivity contribution in [2.24, 2.45) is 0 Å². The first kappa shape index (κ1) is 13.9. The number of amides is 1. The van der Waals surface area contributed by atoms with Crippen LogP contribution < -0.4 is 5.32 Å². The molecule has 1 aromatic carbocycles. The molecular formula is C16H15N5O. The first-order valence-electron chi connectivity index (χ1n) is 6.88. The summed E-state index contributed by atoms with van der Waals surface area (Å²) in [6.45, 7) is 2.48. The highest BCUT2D eigenvalue weighted by Crippen LogP contribution is 2.06. The molecule has 3 aromatic rings. The molecular weight excluding hydrogens is 278 g/mol. The Kier molecular flexibility index (Phi) is 3.91. The summed E-state index contributed by atoms with van der Waals surface area (Å²) in [6.07, 6.45) is 3.30. The monoisotopic (exact) mass is 293 g/mol. The molecule has 6 heteroatoms. The quantitative estimate of drug-likeness (QED) is 0.801. The molecule has 1 amide bonds. The molecule has 0 saturated heterocycles. The summed E-state index contributed by atoms with van der Waals surface area (Å²) in [5.41, 5.74) is 2.56. The largest absolute Gasteiger partial charge is 0.289 e. The van der Waals surface area contributed by atoms with E-state index in [1.54, 1.807) is 29.3 Å². The van der Waals surface area contributed by atoms with E-state index in [2.05, 4.69) is 20.4 Å². The van der Waals surface area contributed by atoms with E-state index < -0.39 is 0 Å². The van der Waals surface area contributed by atoms with Crippen molar-refractivity contribution in [3.63, 3.8) is 0 Å². The van der Waals surface area contributed by atoms with Crippen LogP contribution in [0.2, 0.25) is 0 Å². The highest BCUT2D eigenvalue weighted by molar-refractivity contribution is 6.03. The maximum atomic E-state index is 12.1. The van der Waals surface area contributed by atoms with Crippen LogP contribution in [0.5, 0.6) is 0 Å². The molecule has 0 bridgehead atoms. The lowest BCUT2D eigenvalue weighted by atomic mass is 10.1. The zero-order chi connectivity index (χ0) is 15.4. The van der Waals surface area contributed by atoms with E-state index in [1.807, 2.05) is 37.3 Å². The fourth-order valence-electron chi connectivity index (χ4n) is 1.96. The number of hydrogen-bond acceptors (Lipinski definition) is 4. The molecule has 0 fully saturated rings. The molecule has 0 spiro atoms. The standard InChI is InChI=1S/C16H15N5O/c1-12-5-7-13(8-6-12)15(22)19-16-18-11-21(20-16)10-14-4-2-3-9-17-14/h2-9,11H,10H2,1H3,(H,19,20,22). The second kappa shape index (κ2) is 6.17. The number of benzene rings is 1. The van der Waals surface area contributed by atoms with Gasteiger partial charge in [-0.25, -0.2) is 9.67 Å². The van der Waals surface area contributed by atoms with Crippen LogP contribution in [0, 0.1) is 6.92 Å². The Bertz CT molecular complexity index is 765. The Morgan fingerprint density at radius 2 is 1.95 bits per heavy atom. The van der Waals surface area contributed by atoms with Gasteiger partial charge in [-0.2, -0.15) is 0 Å². The number of nitrogens with one attached hydrogen (secondary N) is 1. The van der Waals surface area contributed by atoms with Crippen LogP contribution in [0.1, 0.15) is 21.6 Å². The van der Waals surface area contributed by atoms with Crippen molar-refractivity contribution >= 4 is 11.9 Å². The summed E-state index contributed by atoms with van der Waals surface area (Å²) in [7, 11) is 0. The minimum absolute atomic E-state index is 0.226. The third-order valence-electron chi connectivity index (χ3n) is 3.13. The minimum Gasteiger partial charge on any atom is -0.289 e. The lowest BCUT2D eigenvalue weighted by Crippen LogP contribution is -2.13. The predicted octanol–water partition coefficient (Wildman–Crippen LogP) is 2.28. The van der Waals surface area contributed by atoms with Crippen molar-refractivity contribution in [2.75, 3.05) is 5.32 Å². The molecule has 0 unspecified atom stereocenters. The SMILES string of the molecule is Cc1ccc(C(=O)Nc2ncn(Cc3ccccn3)n2)cc1. The summed E-state index contributed by atoms with van der Waals surface area (Å²) in [6, 6.07) is 13.0. The fourth-order valence-corrected chi connectivity index (χ4v) is 1.96. The number of rotatable bonds is 4. The molecule has 2 aromatic heterocycles. The summed E-state index contributed by atoms with van der Waals surface area (Å²) < 4.78 is 1.63. The predicted molar refractivity (Wildman–Crippen MR) is 82.5 cm³/mol. The van der Waals surface area contributed by atoms with Crippen molar-refractivity contribution in [3.8, 4) is 0 Å². The van der Waals surface area contributed by atoms with E-state index >= 15 is 0 Å². The Morgan fingerprint density at radius 3 is 2.68 bits per heavy atom. The fraction of sp³-hybridized carbons (Fsp3) is 0.125. The van der Waals surface area contributed by atoms with Gasteiger partial charge >= 0.3 is 0 Å². The van der Waals surface area contributed by atoms with Gasteiger partial charge in [-0.15, -0.1) is 5.10 Å². The summed E-state index contributed by atoms with van der Waals surface area (Å²) in [4.78, 5) is 20.4. The molecule has 0 saturated carbocycles. The van der Waals surface area contributed by atoms with E-state index in [4.69, 9.17) is 0 Å². The van der Waals surface area contributed by atoms with Crippen molar-refractivity contribution in [3.05, 3.63) is 71.8 Å². The summed E-state index contributed by atoms with van der Waals surface area (Å²) in [5.74, 6) is 0.0529. The van der Waals surface area contributed by atoms with Crippen LogP contribution in [0.3, 0.4) is 0 Å². The van der Waals surface area contributed by atoms with Crippen molar-refractivity contribution in [2.45, 2.75) is 13.5 Å². The van der Waals surface area contributed by atoms with E-state index in [0.29, 0.717) is 12.1 Å². The second-order valence-electron chi connectivity index (χ2n) is 4.91. The minimum atomic E-state index is -0.226. The number of nitrogens with zero attached hydrogens (tertiary/aromatic N) is 4. The summed E-state index contributed by atoms with van der Waals surface area (Å²) >= 11 is 0. The topological polar surface area (TPSA) is 72.7 Å². The number of aromatic nitrogens is 4. The Hall–Kier alpha value is -3.02. The van der Waals surface area contributed by atoms with Crippen LogP contribution >= 0.6 is 0 Å². The molecule has 0 aliphatic heterocycles. The third-order valence-corrected chi connectivity index (χ3v) is 3.13. The maximum Gasteiger partial charge on any atom is 0.258 e. The molecule has 6 nitrogen and oxygen atoms in total. The Balaban J connectivity index is 1.66. The average Bonchev–Trinajstić information content (AvgIpc) is 2.96.